The van der Waals surface area contributed by atoms with E-state index in [2.05, 4.69) is 13.8 Å². The molecule has 0 saturated heterocycles. The summed E-state index contributed by atoms with van der Waals surface area (Å²) in [6, 6.07) is 5.80. The Hall–Kier alpha value is -0.990. The van der Waals surface area contributed by atoms with Crippen LogP contribution >= 0.6 is 0 Å². The number of hydrogen-bond acceptors (Lipinski definition) is 0. The molecule has 0 nitrogen and oxygen atoms in total. The van der Waals surface area contributed by atoms with Crippen molar-refractivity contribution in [1.82, 2.24) is 0 Å². The highest BCUT2D eigenvalue weighted by molar-refractivity contribution is 5.29. The number of rotatable bonds is 1. The molecule has 3 heteroatoms. The quantitative estimate of drug-likeness (QED) is 0.660. The molecule has 1 fully saturated rings. The van der Waals surface area contributed by atoms with E-state index in [1.807, 2.05) is 6.07 Å². The van der Waals surface area contributed by atoms with Crippen molar-refractivity contribution >= 4 is 0 Å². The molecule has 0 radical (unpaired) electrons. The van der Waals surface area contributed by atoms with E-state index in [0.717, 1.165) is 24.5 Å². The molecule has 0 bridgehead atoms. The molecule has 1 aromatic rings. The first kappa shape index (κ1) is 12.5. The Labute approximate surface area is 99.8 Å². The van der Waals surface area contributed by atoms with Gasteiger partial charge in [0.25, 0.3) is 0 Å². The van der Waals surface area contributed by atoms with Crippen LogP contribution in [-0.4, -0.2) is 0 Å². The van der Waals surface area contributed by atoms with Gasteiger partial charge in [-0.1, -0.05) is 32.0 Å². The standard InChI is InChI=1S/C14H17F3/c1-9-6-12(7-10(9)2)11-4-3-5-13(8-11)14(15,16)17/h3-5,8-10,12H,6-7H2,1-2H3/t9-,10+,12?. The van der Waals surface area contributed by atoms with E-state index in [0.29, 0.717) is 17.8 Å². The third-order valence-corrected chi connectivity index (χ3v) is 3.97. The Morgan fingerprint density at radius 1 is 1.06 bits per heavy atom. The minimum atomic E-state index is -4.23. The Morgan fingerprint density at radius 3 is 2.18 bits per heavy atom. The number of benzene rings is 1. The molecule has 0 amide bonds. The van der Waals surface area contributed by atoms with Crippen LogP contribution in [0.5, 0.6) is 0 Å². The number of hydrogen-bond donors (Lipinski definition) is 0. The molecule has 0 N–H and O–H groups in total. The van der Waals surface area contributed by atoms with Gasteiger partial charge in [0, 0.05) is 0 Å². The fraction of sp³-hybridized carbons (Fsp3) is 0.571. The average molecular weight is 242 g/mol. The Morgan fingerprint density at radius 2 is 1.65 bits per heavy atom. The van der Waals surface area contributed by atoms with Gasteiger partial charge in [-0.15, -0.1) is 0 Å². The van der Waals surface area contributed by atoms with Crippen LogP contribution in [-0.2, 0) is 6.18 Å². The maximum Gasteiger partial charge on any atom is 0.416 e. The fourth-order valence-corrected chi connectivity index (χ4v) is 2.70. The molecular weight excluding hydrogens is 225 g/mol. The first-order valence-corrected chi connectivity index (χ1v) is 6.05. The lowest BCUT2D eigenvalue weighted by Gasteiger charge is -2.13. The van der Waals surface area contributed by atoms with Crippen LogP contribution in [0, 0.1) is 11.8 Å². The second-order valence-electron chi connectivity index (χ2n) is 5.25. The van der Waals surface area contributed by atoms with Gasteiger partial charge < -0.3 is 0 Å². The highest BCUT2D eigenvalue weighted by atomic mass is 19.4. The topological polar surface area (TPSA) is 0 Å². The van der Waals surface area contributed by atoms with E-state index >= 15 is 0 Å². The first-order chi connectivity index (χ1) is 7.88. The van der Waals surface area contributed by atoms with E-state index in [4.69, 9.17) is 0 Å². The molecule has 17 heavy (non-hydrogen) atoms. The van der Waals surface area contributed by atoms with Crippen molar-refractivity contribution in [2.45, 2.75) is 38.8 Å². The Bertz CT molecular complexity index is 385. The summed E-state index contributed by atoms with van der Waals surface area (Å²) in [5.41, 5.74) is 0.318. The van der Waals surface area contributed by atoms with Gasteiger partial charge in [0.15, 0.2) is 0 Å². The molecule has 0 aliphatic heterocycles. The summed E-state index contributed by atoms with van der Waals surface area (Å²) in [6.07, 6.45) is -2.23. The lowest BCUT2D eigenvalue weighted by Crippen LogP contribution is -2.06. The summed E-state index contributed by atoms with van der Waals surface area (Å²) in [5.74, 6) is 1.51. The molecule has 1 aliphatic rings. The molecule has 94 valence electrons. The second kappa shape index (κ2) is 4.35. The molecule has 1 saturated carbocycles. The van der Waals surface area contributed by atoms with Crippen LogP contribution in [0.2, 0.25) is 0 Å². The van der Waals surface area contributed by atoms with Crippen molar-refractivity contribution in [1.29, 1.82) is 0 Å². The van der Waals surface area contributed by atoms with Gasteiger partial charge >= 0.3 is 6.18 Å². The largest absolute Gasteiger partial charge is 0.416 e. The molecule has 1 aromatic carbocycles. The zero-order chi connectivity index (χ0) is 12.6. The highest BCUT2D eigenvalue weighted by Gasteiger charge is 2.33. The van der Waals surface area contributed by atoms with Crippen LogP contribution in [0.1, 0.15) is 43.7 Å². The van der Waals surface area contributed by atoms with Crippen LogP contribution < -0.4 is 0 Å². The van der Waals surface area contributed by atoms with Gasteiger partial charge in [0.05, 0.1) is 5.56 Å². The normalized spacial score (nSPS) is 29.6. The summed E-state index contributed by atoms with van der Waals surface area (Å²) >= 11 is 0. The third kappa shape index (κ3) is 2.64. The monoisotopic (exact) mass is 242 g/mol. The minimum Gasteiger partial charge on any atom is -0.166 e. The molecule has 0 spiro atoms. The van der Waals surface area contributed by atoms with Crippen molar-refractivity contribution < 1.29 is 13.2 Å². The van der Waals surface area contributed by atoms with Crippen LogP contribution in [0.25, 0.3) is 0 Å². The van der Waals surface area contributed by atoms with Crippen molar-refractivity contribution in [2.75, 3.05) is 0 Å². The van der Waals surface area contributed by atoms with E-state index in [9.17, 15) is 13.2 Å². The maximum absolute atomic E-state index is 12.6. The summed E-state index contributed by atoms with van der Waals surface area (Å²) in [5, 5.41) is 0. The van der Waals surface area contributed by atoms with Crippen molar-refractivity contribution in [3.63, 3.8) is 0 Å². The SMILES string of the molecule is C[C@@H]1CC(c2cccc(C(F)(F)F)c2)C[C@@H]1C. The van der Waals surface area contributed by atoms with Crippen molar-refractivity contribution in [3.05, 3.63) is 35.4 Å². The molecular formula is C14H17F3. The van der Waals surface area contributed by atoms with Gasteiger partial charge in [-0.05, 0) is 42.2 Å². The van der Waals surface area contributed by atoms with E-state index in [1.165, 1.54) is 12.1 Å². The van der Waals surface area contributed by atoms with Crippen molar-refractivity contribution in [3.8, 4) is 0 Å². The lowest BCUT2D eigenvalue weighted by atomic mass is 9.95. The minimum absolute atomic E-state index is 0.294. The summed E-state index contributed by atoms with van der Waals surface area (Å²) < 4.78 is 37.8. The Kier molecular flexibility index (Phi) is 3.19. The Balaban J connectivity index is 2.23. The molecule has 3 atom stereocenters. The first-order valence-electron chi connectivity index (χ1n) is 6.05. The zero-order valence-electron chi connectivity index (χ0n) is 10.1. The molecule has 1 unspecified atom stereocenters. The summed E-state index contributed by atoms with van der Waals surface area (Å²) in [6.45, 7) is 4.36. The molecule has 2 rings (SSSR count). The van der Waals surface area contributed by atoms with Gasteiger partial charge in [0.2, 0.25) is 0 Å². The van der Waals surface area contributed by atoms with E-state index < -0.39 is 11.7 Å². The molecule has 1 aliphatic carbocycles. The lowest BCUT2D eigenvalue weighted by molar-refractivity contribution is -0.137. The predicted octanol–water partition coefficient (Wildman–Crippen LogP) is 4.86. The second-order valence-corrected chi connectivity index (χ2v) is 5.25. The smallest absolute Gasteiger partial charge is 0.166 e. The zero-order valence-corrected chi connectivity index (χ0v) is 10.1. The van der Waals surface area contributed by atoms with Gasteiger partial charge in [-0.3, -0.25) is 0 Å². The van der Waals surface area contributed by atoms with Crippen LogP contribution in [0.3, 0.4) is 0 Å². The number of halogens is 3. The summed E-state index contributed by atoms with van der Waals surface area (Å²) in [7, 11) is 0. The van der Waals surface area contributed by atoms with E-state index in [1.54, 1.807) is 0 Å². The van der Waals surface area contributed by atoms with Gasteiger partial charge in [-0.2, -0.15) is 13.2 Å². The third-order valence-electron chi connectivity index (χ3n) is 3.97. The highest BCUT2D eigenvalue weighted by Crippen LogP contribution is 2.42. The van der Waals surface area contributed by atoms with Crippen molar-refractivity contribution in [2.24, 2.45) is 11.8 Å². The van der Waals surface area contributed by atoms with Crippen LogP contribution in [0.4, 0.5) is 13.2 Å². The van der Waals surface area contributed by atoms with Gasteiger partial charge in [-0.25, -0.2) is 0 Å². The van der Waals surface area contributed by atoms with E-state index in [-0.39, 0.29) is 0 Å². The van der Waals surface area contributed by atoms with Gasteiger partial charge in [0.1, 0.15) is 0 Å². The fourth-order valence-electron chi connectivity index (χ4n) is 2.70. The number of alkyl halides is 3. The average Bonchev–Trinajstić information content (AvgIpc) is 2.58. The summed E-state index contributed by atoms with van der Waals surface area (Å²) in [4.78, 5) is 0. The van der Waals surface area contributed by atoms with Crippen LogP contribution in [0.15, 0.2) is 24.3 Å². The predicted molar refractivity (Wildman–Crippen MR) is 61.7 cm³/mol. The maximum atomic E-state index is 12.6. The molecule has 0 heterocycles. The molecule has 0 aromatic heterocycles.